The molecule has 0 aliphatic carbocycles. The van der Waals surface area contributed by atoms with Gasteiger partial charge in [0.1, 0.15) is 5.82 Å². The van der Waals surface area contributed by atoms with Crippen molar-refractivity contribution in [1.29, 1.82) is 0 Å². The second-order valence-electron chi connectivity index (χ2n) is 4.09. The highest BCUT2D eigenvalue weighted by Gasteiger charge is 2.11. The van der Waals surface area contributed by atoms with E-state index in [0.717, 1.165) is 20.5 Å². The zero-order valence-electron chi connectivity index (χ0n) is 9.93. The zero-order chi connectivity index (χ0) is 13.3. The Bertz CT molecular complexity index is 570. The van der Waals surface area contributed by atoms with E-state index in [1.165, 1.54) is 6.07 Å². The predicted octanol–water partition coefficient (Wildman–Crippen LogP) is 5.78. The van der Waals surface area contributed by atoms with E-state index in [0.29, 0.717) is 4.47 Å². The van der Waals surface area contributed by atoms with E-state index < -0.39 is 0 Å². The minimum atomic E-state index is -0.245. The lowest BCUT2D eigenvalue weighted by Gasteiger charge is -2.16. The maximum absolute atomic E-state index is 13.3. The monoisotopic (exact) mass is 347 g/mol. The number of halogens is 3. The van der Waals surface area contributed by atoms with Crippen LogP contribution in [0, 0.1) is 12.7 Å². The Morgan fingerprint density at radius 2 is 2.11 bits per heavy atom. The number of aryl methyl sites for hydroxylation is 1. The van der Waals surface area contributed by atoms with Gasteiger partial charge in [-0.05, 0) is 59.6 Å². The molecule has 0 saturated carbocycles. The van der Waals surface area contributed by atoms with Gasteiger partial charge in [0.05, 0.1) is 14.9 Å². The van der Waals surface area contributed by atoms with Gasteiger partial charge in [-0.1, -0.05) is 11.6 Å². The second-order valence-corrected chi connectivity index (χ2v) is 6.69. The molecule has 0 saturated heterocycles. The minimum Gasteiger partial charge on any atom is -0.377 e. The molecule has 0 bridgehead atoms. The summed E-state index contributed by atoms with van der Waals surface area (Å²) in [7, 11) is 0. The maximum atomic E-state index is 13.3. The van der Waals surface area contributed by atoms with Crippen LogP contribution in [0.3, 0.4) is 0 Å². The number of hydrogen-bond acceptors (Lipinski definition) is 2. The fourth-order valence-corrected chi connectivity index (χ4v) is 3.07. The standard InChI is InChI=1S/C13H12BrClFNS/c1-7-5-10(16)9(14)6-11(7)17-8(2)12-3-4-13(15)18-12/h3-6,8,17H,1-2H3. The Hall–Kier alpha value is -0.580. The molecule has 2 rings (SSSR count). The summed E-state index contributed by atoms with van der Waals surface area (Å²) in [4.78, 5) is 1.15. The molecule has 96 valence electrons. The van der Waals surface area contributed by atoms with Crippen LogP contribution in [-0.2, 0) is 0 Å². The number of rotatable bonds is 3. The number of hydrogen-bond donors (Lipinski definition) is 1. The van der Waals surface area contributed by atoms with Gasteiger partial charge in [-0.25, -0.2) is 4.39 Å². The molecular weight excluding hydrogens is 337 g/mol. The van der Waals surface area contributed by atoms with Gasteiger partial charge in [0, 0.05) is 10.6 Å². The van der Waals surface area contributed by atoms with Crippen molar-refractivity contribution in [2.24, 2.45) is 0 Å². The summed E-state index contributed by atoms with van der Waals surface area (Å²) >= 11 is 10.7. The molecule has 0 amide bonds. The first-order valence-corrected chi connectivity index (χ1v) is 7.43. The van der Waals surface area contributed by atoms with E-state index in [1.807, 2.05) is 19.1 Å². The third-order valence-electron chi connectivity index (χ3n) is 2.66. The molecule has 1 atom stereocenters. The topological polar surface area (TPSA) is 12.0 Å². The summed E-state index contributed by atoms with van der Waals surface area (Å²) < 4.78 is 14.6. The van der Waals surface area contributed by atoms with Gasteiger partial charge in [0.2, 0.25) is 0 Å². The lowest BCUT2D eigenvalue weighted by Crippen LogP contribution is -2.06. The molecule has 18 heavy (non-hydrogen) atoms. The number of benzene rings is 1. The summed E-state index contributed by atoms with van der Waals surface area (Å²) in [6.07, 6.45) is 0. The third-order valence-corrected chi connectivity index (χ3v) is 4.68. The Labute approximate surface area is 123 Å². The Morgan fingerprint density at radius 3 is 2.72 bits per heavy atom. The summed E-state index contributed by atoms with van der Waals surface area (Å²) in [5, 5.41) is 3.36. The number of anilines is 1. The van der Waals surface area contributed by atoms with Crippen LogP contribution in [0.4, 0.5) is 10.1 Å². The van der Waals surface area contributed by atoms with Gasteiger partial charge in [-0.3, -0.25) is 0 Å². The third kappa shape index (κ3) is 3.05. The molecule has 0 spiro atoms. The van der Waals surface area contributed by atoms with Gasteiger partial charge in [-0.15, -0.1) is 11.3 Å². The van der Waals surface area contributed by atoms with E-state index in [2.05, 4.69) is 28.2 Å². The number of nitrogens with one attached hydrogen (secondary N) is 1. The summed E-state index contributed by atoms with van der Waals surface area (Å²) in [5.41, 5.74) is 1.80. The lowest BCUT2D eigenvalue weighted by molar-refractivity contribution is 0.620. The van der Waals surface area contributed by atoms with Gasteiger partial charge < -0.3 is 5.32 Å². The second kappa shape index (κ2) is 5.59. The van der Waals surface area contributed by atoms with Gasteiger partial charge >= 0.3 is 0 Å². The van der Waals surface area contributed by atoms with Crippen LogP contribution in [0.2, 0.25) is 4.34 Å². The first kappa shape index (κ1) is 13.8. The molecule has 0 fully saturated rings. The number of thiophene rings is 1. The average Bonchev–Trinajstić information content (AvgIpc) is 2.73. The van der Waals surface area contributed by atoms with Crippen molar-refractivity contribution in [1.82, 2.24) is 0 Å². The van der Waals surface area contributed by atoms with Crippen LogP contribution in [0.15, 0.2) is 28.7 Å². The van der Waals surface area contributed by atoms with E-state index in [-0.39, 0.29) is 11.9 Å². The highest BCUT2D eigenvalue weighted by molar-refractivity contribution is 9.10. The molecule has 0 radical (unpaired) electrons. The van der Waals surface area contributed by atoms with Crippen LogP contribution in [0.1, 0.15) is 23.4 Å². The fourth-order valence-electron chi connectivity index (χ4n) is 1.67. The van der Waals surface area contributed by atoms with Crippen molar-refractivity contribution in [3.05, 3.63) is 49.3 Å². The first-order chi connectivity index (χ1) is 8.47. The molecule has 1 N–H and O–H groups in total. The molecule has 1 aromatic carbocycles. The molecule has 0 aliphatic heterocycles. The Balaban J connectivity index is 2.21. The largest absolute Gasteiger partial charge is 0.377 e. The van der Waals surface area contributed by atoms with E-state index >= 15 is 0 Å². The molecule has 1 nitrogen and oxygen atoms in total. The molecule has 5 heteroatoms. The van der Waals surface area contributed by atoms with E-state index in [1.54, 1.807) is 17.4 Å². The van der Waals surface area contributed by atoms with Gasteiger partial charge in [0.25, 0.3) is 0 Å². The van der Waals surface area contributed by atoms with E-state index in [4.69, 9.17) is 11.6 Å². The molecular formula is C13H12BrClFNS. The molecule has 1 unspecified atom stereocenters. The molecule has 2 aromatic rings. The average molecular weight is 349 g/mol. The van der Waals surface area contributed by atoms with E-state index in [9.17, 15) is 4.39 Å². The van der Waals surface area contributed by atoms with Crippen molar-refractivity contribution in [2.75, 3.05) is 5.32 Å². The Kier molecular flexibility index (Phi) is 4.30. The summed E-state index contributed by atoms with van der Waals surface area (Å²) in [6, 6.07) is 7.29. The summed E-state index contributed by atoms with van der Waals surface area (Å²) in [6.45, 7) is 3.94. The maximum Gasteiger partial charge on any atom is 0.137 e. The summed E-state index contributed by atoms with van der Waals surface area (Å²) in [5.74, 6) is -0.245. The van der Waals surface area contributed by atoms with Gasteiger partial charge in [-0.2, -0.15) is 0 Å². The first-order valence-electron chi connectivity index (χ1n) is 5.45. The SMILES string of the molecule is Cc1cc(F)c(Br)cc1NC(C)c1ccc(Cl)s1. The Morgan fingerprint density at radius 1 is 1.39 bits per heavy atom. The van der Waals surface area contributed by atoms with Crippen molar-refractivity contribution < 1.29 is 4.39 Å². The van der Waals surface area contributed by atoms with Crippen LogP contribution in [-0.4, -0.2) is 0 Å². The van der Waals surface area contributed by atoms with Crippen LogP contribution >= 0.6 is 38.9 Å². The minimum absolute atomic E-state index is 0.138. The van der Waals surface area contributed by atoms with Crippen molar-refractivity contribution in [2.45, 2.75) is 19.9 Å². The van der Waals surface area contributed by atoms with Crippen LogP contribution in [0.25, 0.3) is 0 Å². The molecule has 0 aliphatic rings. The molecule has 1 aromatic heterocycles. The van der Waals surface area contributed by atoms with Crippen molar-refractivity contribution in [3.8, 4) is 0 Å². The predicted molar refractivity (Wildman–Crippen MR) is 80.2 cm³/mol. The highest BCUT2D eigenvalue weighted by atomic mass is 79.9. The lowest BCUT2D eigenvalue weighted by atomic mass is 10.1. The van der Waals surface area contributed by atoms with Crippen LogP contribution < -0.4 is 5.32 Å². The zero-order valence-corrected chi connectivity index (χ0v) is 13.1. The van der Waals surface area contributed by atoms with Crippen molar-refractivity contribution >= 4 is 44.6 Å². The van der Waals surface area contributed by atoms with Crippen molar-refractivity contribution in [3.63, 3.8) is 0 Å². The molecule has 1 heterocycles. The van der Waals surface area contributed by atoms with Gasteiger partial charge in [0.15, 0.2) is 0 Å². The fraction of sp³-hybridized carbons (Fsp3) is 0.231. The van der Waals surface area contributed by atoms with Crippen LogP contribution in [0.5, 0.6) is 0 Å². The smallest absolute Gasteiger partial charge is 0.137 e. The normalized spacial score (nSPS) is 12.5. The quantitative estimate of drug-likeness (QED) is 0.741. The highest BCUT2D eigenvalue weighted by Crippen LogP contribution is 2.31.